The van der Waals surface area contributed by atoms with E-state index in [1.54, 1.807) is 0 Å². The lowest BCUT2D eigenvalue weighted by Gasteiger charge is -2.11. The molecule has 2 aromatic carbocycles. The van der Waals surface area contributed by atoms with Crippen LogP contribution in [0.4, 0.5) is 5.69 Å². The molecule has 0 fully saturated rings. The van der Waals surface area contributed by atoms with Crippen LogP contribution in [-0.4, -0.2) is 4.92 Å². The average molecular weight is 292 g/mol. The number of nitro groups is 1. The highest BCUT2D eigenvalue weighted by atomic mass is 35.5. The van der Waals surface area contributed by atoms with Gasteiger partial charge >= 0.3 is 0 Å². The Balaban J connectivity index is 2.20. The van der Waals surface area contributed by atoms with Gasteiger partial charge in [0.05, 0.1) is 4.92 Å². The third-order valence-corrected chi connectivity index (χ3v) is 3.34. The monoisotopic (exact) mass is 291 g/mol. The highest BCUT2D eigenvalue weighted by molar-refractivity contribution is 6.31. The second-order valence-corrected chi connectivity index (χ2v) is 5.00. The molecule has 2 aromatic rings. The van der Waals surface area contributed by atoms with Crippen molar-refractivity contribution in [2.45, 2.75) is 20.5 Å². The molecule has 0 atom stereocenters. The maximum Gasteiger partial charge on any atom is 0.269 e. The Kier molecular flexibility index (Phi) is 4.25. The molecular formula is C15H14ClNO3. The molecule has 0 saturated heterocycles. The van der Waals surface area contributed by atoms with E-state index in [0.29, 0.717) is 10.6 Å². The highest BCUT2D eigenvalue weighted by Crippen LogP contribution is 2.25. The zero-order chi connectivity index (χ0) is 14.7. The number of nitrogens with zero attached hydrogens (tertiary/aromatic N) is 1. The predicted molar refractivity (Wildman–Crippen MR) is 78.4 cm³/mol. The number of rotatable bonds is 4. The van der Waals surface area contributed by atoms with E-state index < -0.39 is 4.92 Å². The molecule has 20 heavy (non-hydrogen) atoms. The van der Waals surface area contributed by atoms with Crippen LogP contribution in [0.25, 0.3) is 0 Å². The summed E-state index contributed by atoms with van der Waals surface area (Å²) in [6, 6.07) is 10.2. The van der Waals surface area contributed by atoms with Gasteiger partial charge in [0.2, 0.25) is 0 Å². The van der Waals surface area contributed by atoms with Crippen molar-refractivity contribution in [2.24, 2.45) is 0 Å². The minimum Gasteiger partial charge on any atom is -0.489 e. The number of non-ortho nitro benzene ring substituents is 1. The van der Waals surface area contributed by atoms with E-state index in [-0.39, 0.29) is 12.3 Å². The van der Waals surface area contributed by atoms with Crippen LogP contribution in [0.15, 0.2) is 36.4 Å². The Hall–Kier alpha value is -2.07. The number of nitro benzene ring substituents is 1. The SMILES string of the molecule is Cc1ccc(C)c(OCc2cc([N+](=O)[O-])ccc2Cl)c1. The van der Waals surface area contributed by atoms with Gasteiger partial charge in [-0.2, -0.15) is 0 Å². The molecular weight excluding hydrogens is 278 g/mol. The molecule has 104 valence electrons. The topological polar surface area (TPSA) is 52.4 Å². The van der Waals surface area contributed by atoms with E-state index >= 15 is 0 Å². The summed E-state index contributed by atoms with van der Waals surface area (Å²) in [6.45, 7) is 4.13. The third kappa shape index (κ3) is 3.27. The Bertz CT molecular complexity index is 656. The summed E-state index contributed by atoms with van der Waals surface area (Å²) in [6.07, 6.45) is 0. The van der Waals surface area contributed by atoms with Gasteiger partial charge in [0.15, 0.2) is 0 Å². The van der Waals surface area contributed by atoms with Crippen molar-refractivity contribution in [1.29, 1.82) is 0 Å². The number of halogens is 1. The first-order valence-corrected chi connectivity index (χ1v) is 6.48. The molecule has 0 unspecified atom stereocenters. The quantitative estimate of drug-likeness (QED) is 0.618. The molecule has 0 aliphatic carbocycles. The first kappa shape index (κ1) is 14.3. The number of aryl methyl sites for hydroxylation is 2. The molecule has 0 amide bonds. The minimum atomic E-state index is -0.447. The first-order valence-electron chi connectivity index (χ1n) is 6.10. The summed E-state index contributed by atoms with van der Waals surface area (Å²) in [7, 11) is 0. The van der Waals surface area contributed by atoms with Gasteiger partial charge in [0.1, 0.15) is 12.4 Å². The maximum atomic E-state index is 10.8. The zero-order valence-corrected chi connectivity index (χ0v) is 12.0. The van der Waals surface area contributed by atoms with Gasteiger partial charge in [-0.05, 0) is 37.1 Å². The lowest BCUT2D eigenvalue weighted by Crippen LogP contribution is -1.99. The fourth-order valence-electron chi connectivity index (χ4n) is 1.80. The van der Waals surface area contributed by atoms with Crippen molar-refractivity contribution in [3.8, 4) is 5.75 Å². The Morgan fingerprint density at radius 2 is 1.95 bits per heavy atom. The molecule has 0 radical (unpaired) electrons. The van der Waals surface area contributed by atoms with Crippen molar-refractivity contribution < 1.29 is 9.66 Å². The van der Waals surface area contributed by atoms with Crippen LogP contribution in [0.3, 0.4) is 0 Å². The second-order valence-electron chi connectivity index (χ2n) is 4.59. The first-order chi connectivity index (χ1) is 9.47. The predicted octanol–water partition coefficient (Wildman–Crippen LogP) is 4.44. The summed E-state index contributed by atoms with van der Waals surface area (Å²) in [5.74, 6) is 0.757. The number of hydrogen-bond acceptors (Lipinski definition) is 3. The van der Waals surface area contributed by atoms with Crippen molar-refractivity contribution in [1.82, 2.24) is 0 Å². The van der Waals surface area contributed by atoms with Crippen LogP contribution in [0.1, 0.15) is 16.7 Å². The summed E-state index contributed by atoms with van der Waals surface area (Å²) in [4.78, 5) is 10.3. The number of ether oxygens (including phenoxy) is 1. The maximum absolute atomic E-state index is 10.8. The van der Waals surface area contributed by atoms with Gasteiger partial charge in [0.25, 0.3) is 5.69 Å². The van der Waals surface area contributed by atoms with Crippen LogP contribution >= 0.6 is 11.6 Å². The average Bonchev–Trinajstić information content (AvgIpc) is 2.41. The molecule has 4 nitrogen and oxygen atoms in total. The van der Waals surface area contributed by atoms with E-state index in [4.69, 9.17) is 16.3 Å². The van der Waals surface area contributed by atoms with Crippen LogP contribution < -0.4 is 4.74 Å². The summed E-state index contributed by atoms with van der Waals surface area (Å²) >= 11 is 6.04. The fourth-order valence-corrected chi connectivity index (χ4v) is 1.98. The van der Waals surface area contributed by atoms with Gasteiger partial charge in [-0.25, -0.2) is 0 Å². The van der Waals surface area contributed by atoms with E-state index in [2.05, 4.69) is 0 Å². The number of benzene rings is 2. The van der Waals surface area contributed by atoms with E-state index in [0.717, 1.165) is 16.9 Å². The third-order valence-electron chi connectivity index (χ3n) is 2.97. The van der Waals surface area contributed by atoms with Gasteiger partial charge in [-0.15, -0.1) is 0 Å². The molecule has 0 N–H and O–H groups in total. The van der Waals surface area contributed by atoms with Crippen molar-refractivity contribution in [3.05, 3.63) is 68.2 Å². The fraction of sp³-hybridized carbons (Fsp3) is 0.200. The van der Waals surface area contributed by atoms with Gasteiger partial charge < -0.3 is 4.74 Å². The second kappa shape index (κ2) is 5.92. The highest BCUT2D eigenvalue weighted by Gasteiger charge is 2.10. The van der Waals surface area contributed by atoms with Crippen LogP contribution in [-0.2, 0) is 6.61 Å². The molecule has 0 aliphatic heterocycles. The van der Waals surface area contributed by atoms with Crippen molar-refractivity contribution in [2.75, 3.05) is 0 Å². The molecule has 5 heteroatoms. The summed E-state index contributed by atoms with van der Waals surface area (Å²) in [5, 5.41) is 11.2. The molecule has 0 aliphatic rings. The van der Waals surface area contributed by atoms with Crippen LogP contribution in [0.5, 0.6) is 5.75 Å². The van der Waals surface area contributed by atoms with E-state index in [9.17, 15) is 10.1 Å². The van der Waals surface area contributed by atoms with E-state index in [1.807, 2.05) is 32.0 Å². The summed E-state index contributed by atoms with van der Waals surface area (Å²) < 4.78 is 5.71. The molecule has 0 saturated carbocycles. The lowest BCUT2D eigenvalue weighted by molar-refractivity contribution is -0.384. The molecule has 0 aromatic heterocycles. The normalized spacial score (nSPS) is 10.3. The number of hydrogen-bond donors (Lipinski definition) is 0. The molecule has 2 rings (SSSR count). The Morgan fingerprint density at radius 1 is 1.20 bits per heavy atom. The molecule has 0 heterocycles. The standard InChI is InChI=1S/C15H14ClNO3/c1-10-3-4-11(2)15(7-10)20-9-12-8-13(17(18)19)5-6-14(12)16/h3-8H,9H2,1-2H3. The Morgan fingerprint density at radius 3 is 2.65 bits per heavy atom. The van der Waals surface area contributed by atoms with Gasteiger partial charge in [-0.1, -0.05) is 23.7 Å². The molecule has 0 bridgehead atoms. The molecule has 0 spiro atoms. The smallest absolute Gasteiger partial charge is 0.269 e. The summed E-state index contributed by atoms with van der Waals surface area (Å²) in [5.41, 5.74) is 2.71. The van der Waals surface area contributed by atoms with E-state index in [1.165, 1.54) is 18.2 Å². The lowest BCUT2D eigenvalue weighted by atomic mass is 10.1. The van der Waals surface area contributed by atoms with Gasteiger partial charge in [-0.3, -0.25) is 10.1 Å². The van der Waals surface area contributed by atoms with Crippen molar-refractivity contribution in [3.63, 3.8) is 0 Å². The van der Waals surface area contributed by atoms with Crippen LogP contribution in [0.2, 0.25) is 5.02 Å². The Labute approximate surface area is 122 Å². The van der Waals surface area contributed by atoms with Gasteiger partial charge in [0, 0.05) is 22.7 Å². The zero-order valence-electron chi connectivity index (χ0n) is 11.2. The minimum absolute atomic E-state index is 0.00830. The largest absolute Gasteiger partial charge is 0.489 e. The van der Waals surface area contributed by atoms with Crippen molar-refractivity contribution >= 4 is 17.3 Å². The van der Waals surface area contributed by atoms with Crippen LogP contribution in [0, 0.1) is 24.0 Å².